The van der Waals surface area contributed by atoms with Gasteiger partial charge in [-0.1, -0.05) is 41.9 Å². The monoisotopic (exact) mass is 585 g/mol. The molecule has 0 aliphatic rings. The lowest BCUT2D eigenvalue weighted by molar-refractivity contribution is -0.116. The van der Waals surface area contributed by atoms with E-state index in [0.717, 1.165) is 16.2 Å². The molecule has 0 saturated heterocycles. The van der Waals surface area contributed by atoms with Crippen LogP contribution in [0.25, 0.3) is 11.3 Å². The average molecular weight is 586 g/mol. The maximum Gasteiger partial charge on any atom is 0.335 e. The van der Waals surface area contributed by atoms with Gasteiger partial charge in [-0.15, -0.1) is 0 Å². The van der Waals surface area contributed by atoms with Crippen LogP contribution in [0.15, 0.2) is 87.6 Å². The summed E-state index contributed by atoms with van der Waals surface area (Å²) >= 11 is 7.38. The Bertz CT molecular complexity index is 1410. The van der Waals surface area contributed by atoms with Crippen LogP contribution in [0.4, 0.5) is 5.69 Å². The van der Waals surface area contributed by atoms with E-state index in [2.05, 4.69) is 15.3 Å². The SMILES string of the molecule is CCOP(=O)(Cc1ccc(NC(=O)CCc2oc(Sc3ccccn3)nc2-c2ccc(Cl)cc2)cc1)OCC. The number of nitrogens with zero attached hydrogens (tertiary/aromatic N) is 2. The number of pyridine rings is 1. The van der Waals surface area contributed by atoms with Gasteiger partial charge in [-0.05, 0) is 67.6 Å². The van der Waals surface area contributed by atoms with Gasteiger partial charge in [0.1, 0.15) is 16.5 Å². The van der Waals surface area contributed by atoms with E-state index in [1.165, 1.54) is 11.8 Å². The quantitative estimate of drug-likeness (QED) is 0.158. The van der Waals surface area contributed by atoms with E-state index in [1.54, 1.807) is 56.4 Å². The lowest BCUT2D eigenvalue weighted by Gasteiger charge is -2.17. The summed E-state index contributed by atoms with van der Waals surface area (Å²) in [6, 6.07) is 20.1. The number of hydrogen-bond acceptors (Lipinski definition) is 8. The predicted octanol–water partition coefficient (Wildman–Crippen LogP) is 7.88. The minimum absolute atomic E-state index is 0.167. The molecule has 0 fully saturated rings. The first-order chi connectivity index (χ1) is 18.9. The van der Waals surface area contributed by atoms with Crippen molar-refractivity contribution in [2.45, 2.75) is 43.1 Å². The number of aromatic nitrogens is 2. The van der Waals surface area contributed by atoms with Crippen molar-refractivity contribution in [3.05, 3.63) is 89.3 Å². The minimum atomic E-state index is -3.20. The normalized spacial score (nSPS) is 11.5. The molecule has 0 unspecified atom stereocenters. The summed E-state index contributed by atoms with van der Waals surface area (Å²) in [5.41, 5.74) is 2.94. The molecule has 0 aliphatic carbocycles. The molecule has 0 aliphatic heterocycles. The predicted molar refractivity (Wildman–Crippen MR) is 153 cm³/mol. The molecule has 0 radical (unpaired) electrons. The molecule has 4 rings (SSSR count). The second-order valence-corrected chi connectivity index (χ2v) is 11.8. The van der Waals surface area contributed by atoms with Crippen LogP contribution in [0.3, 0.4) is 0 Å². The van der Waals surface area contributed by atoms with Crippen LogP contribution in [0.5, 0.6) is 0 Å². The van der Waals surface area contributed by atoms with Crippen molar-refractivity contribution in [1.29, 1.82) is 0 Å². The number of benzene rings is 2. The van der Waals surface area contributed by atoms with Gasteiger partial charge < -0.3 is 18.8 Å². The van der Waals surface area contributed by atoms with Crippen LogP contribution in [0.2, 0.25) is 5.02 Å². The molecule has 0 bridgehead atoms. The highest BCUT2D eigenvalue weighted by atomic mass is 35.5. The fraction of sp³-hybridized carbons (Fsp3) is 0.250. The number of carbonyl (C=O) groups excluding carboxylic acids is 1. The van der Waals surface area contributed by atoms with Crippen LogP contribution >= 0.6 is 31.0 Å². The highest BCUT2D eigenvalue weighted by Crippen LogP contribution is 2.51. The standard InChI is InChI=1S/C28H29ClN3O5PS/c1-3-35-38(34,36-4-2)19-20-8-14-23(15-9-20)31-25(33)17-16-24-27(21-10-12-22(29)13-11-21)32-28(37-24)39-26-7-5-6-18-30-26/h5-15,18H,3-4,16-17,19H2,1-2H3,(H,31,33). The molecule has 11 heteroatoms. The number of amides is 1. The fourth-order valence-corrected chi connectivity index (χ4v) is 6.31. The minimum Gasteiger partial charge on any atom is -0.436 e. The number of hydrogen-bond donors (Lipinski definition) is 1. The highest BCUT2D eigenvalue weighted by molar-refractivity contribution is 7.99. The second kappa shape index (κ2) is 13.9. The number of nitrogens with one attached hydrogen (secondary N) is 1. The number of aryl methyl sites for hydroxylation is 1. The fourth-order valence-electron chi connectivity index (χ4n) is 3.76. The molecule has 39 heavy (non-hydrogen) atoms. The van der Waals surface area contributed by atoms with E-state index in [9.17, 15) is 9.36 Å². The molecule has 2 aromatic carbocycles. The van der Waals surface area contributed by atoms with Crippen LogP contribution in [-0.4, -0.2) is 29.1 Å². The van der Waals surface area contributed by atoms with Crippen molar-refractivity contribution >= 4 is 42.6 Å². The summed E-state index contributed by atoms with van der Waals surface area (Å²) < 4.78 is 29.6. The molecular weight excluding hydrogens is 557 g/mol. The topological polar surface area (TPSA) is 104 Å². The zero-order valence-electron chi connectivity index (χ0n) is 21.6. The lowest BCUT2D eigenvalue weighted by Crippen LogP contribution is -2.12. The van der Waals surface area contributed by atoms with Gasteiger partial charge in [0.15, 0.2) is 0 Å². The van der Waals surface area contributed by atoms with Crippen molar-refractivity contribution in [1.82, 2.24) is 9.97 Å². The third kappa shape index (κ3) is 8.52. The zero-order valence-corrected chi connectivity index (χ0v) is 24.1. The molecule has 0 saturated carbocycles. The molecule has 2 heterocycles. The van der Waals surface area contributed by atoms with Crippen LogP contribution in [0.1, 0.15) is 31.6 Å². The zero-order chi connectivity index (χ0) is 27.7. The van der Waals surface area contributed by atoms with Crippen molar-refractivity contribution < 1.29 is 22.8 Å². The molecule has 1 amide bonds. The van der Waals surface area contributed by atoms with Gasteiger partial charge in [0, 0.05) is 35.3 Å². The van der Waals surface area contributed by atoms with E-state index in [4.69, 9.17) is 25.1 Å². The third-order valence-electron chi connectivity index (χ3n) is 5.47. The Kier molecular flexibility index (Phi) is 10.4. The Labute approximate surface area is 237 Å². The number of anilines is 1. The van der Waals surface area contributed by atoms with Crippen molar-refractivity contribution in [2.75, 3.05) is 18.5 Å². The van der Waals surface area contributed by atoms with Crippen LogP contribution in [-0.2, 0) is 31.0 Å². The molecule has 0 atom stereocenters. The van der Waals surface area contributed by atoms with Gasteiger partial charge in [-0.25, -0.2) is 9.97 Å². The Balaban J connectivity index is 1.41. The molecular formula is C28H29ClN3O5PS. The summed E-state index contributed by atoms with van der Waals surface area (Å²) in [5, 5.41) is 4.72. The first-order valence-corrected chi connectivity index (χ1v) is 15.4. The van der Waals surface area contributed by atoms with Crippen molar-refractivity contribution in [3.63, 3.8) is 0 Å². The largest absolute Gasteiger partial charge is 0.436 e. The van der Waals surface area contributed by atoms with Crippen molar-refractivity contribution in [3.8, 4) is 11.3 Å². The second-order valence-electron chi connectivity index (χ2n) is 8.38. The van der Waals surface area contributed by atoms with E-state index in [-0.39, 0.29) is 18.5 Å². The van der Waals surface area contributed by atoms with E-state index in [0.29, 0.717) is 47.0 Å². The first kappa shape index (κ1) is 29.1. The Hall–Kier alpha value is -2.94. The van der Waals surface area contributed by atoms with Crippen LogP contribution in [0, 0.1) is 0 Å². The van der Waals surface area contributed by atoms with Gasteiger partial charge in [0.25, 0.3) is 5.22 Å². The van der Waals surface area contributed by atoms with E-state index in [1.807, 2.05) is 30.3 Å². The lowest BCUT2D eigenvalue weighted by atomic mass is 10.1. The summed E-state index contributed by atoms with van der Waals surface area (Å²) in [6.45, 7) is 4.17. The van der Waals surface area contributed by atoms with Gasteiger partial charge in [-0.3, -0.25) is 9.36 Å². The number of carbonyl (C=O) groups is 1. The summed E-state index contributed by atoms with van der Waals surface area (Å²) in [6.07, 6.45) is 2.42. The van der Waals surface area contributed by atoms with E-state index >= 15 is 0 Å². The summed E-state index contributed by atoms with van der Waals surface area (Å²) in [4.78, 5) is 21.8. The van der Waals surface area contributed by atoms with E-state index < -0.39 is 7.60 Å². The molecule has 8 nitrogen and oxygen atoms in total. The molecule has 2 aromatic heterocycles. The first-order valence-electron chi connectivity index (χ1n) is 12.5. The number of rotatable bonds is 13. The molecule has 4 aromatic rings. The maximum atomic E-state index is 12.8. The number of oxazole rings is 1. The van der Waals surface area contributed by atoms with Crippen molar-refractivity contribution in [2.24, 2.45) is 0 Å². The third-order valence-corrected chi connectivity index (χ3v) is 8.58. The maximum absolute atomic E-state index is 12.8. The molecule has 0 spiro atoms. The molecule has 1 N–H and O–H groups in total. The number of halogens is 1. The van der Waals surface area contributed by atoms with Gasteiger partial charge in [-0.2, -0.15) is 0 Å². The molecule has 204 valence electrons. The summed E-state index contributed by atoms with van der Waals surface area (Å²) in [7, 11) is -3.20. The van der Waals surface area contributed by atoms with Gasteiger partial charge in [0.05, 0.1) is 19.4 Å². The van der Waals surface area contributed by atoms with Crippen LogP contribution < -0.4 is 5.32 Å². The van der Waals surface area contributed by atoms with Gasteiger partial charge >= 0.3 is 7.60 Å². The highest BCUT2D eigenvalue weighted by Gasteiger charge is 2.24. The summed E-state index contributed by atoms with van der Waals surface area (Å²) in [5.74, 6) is 0.429. The Morgan fingerprint density at radius 2 is 1.74 bits per heavy atom. The Morgan fingerprint density at radius 1 is 1.03 bits per heavy atom. The average Bonchev–Trinajstić information content (AvgIpc) is 3.32. The Morgan fingerprint density at radius 3 is 2.38 bits per heavy atom. The smallest absolute Gasteiger partial charge is 0.335 e. The van der Waals surface area contributed by atoms with Gasteiger partial charge in [0.2, 0.25) is 5.91 Å².